The van der Waals surface area contributed by atoms with Crippen molar-refractivity contribution in [2.75, 3.05) is 7.05 Å². The zero-order chi connectivity index (χ0) is 15.2. The number of carbonyl (C=O) groups excluding carboxylic acids is 1. The molecule has 0 aromatic carbocycles. The molecule has 4 N–H and O–H groups in total. The Bertz CT molecular complexity index is 575. The molecule has 0 aliphatic rings. The van der Waals surface area contributed by atoms with E-state index < -0.39 is 6.03 Å². The number of urea groups is 1. The second kappa shape index (κ2) is 8.72. The molecule has 2 aromatic rings. The van der Waals surface area contributed by atoms with Crippen LogP contribution < -0.4 is 16.4 Å². The number of amides is 2. The van der Waals surface area contributed by atoms with Crippen LogP contribution >= 0.6 is 23.7 Å². The van der Waals surface area contributed by atoms with Crippen LogP contribution in [0.5, 0.6) is 0 Å². The average molecular weight is 346 g/mol. The van der Waals surface area contributed by atoms with Crippen LogP contribution in [-0.4, -0.2) is 29.3 Å². The molecule has 2 rings (SSSR count). The number of hydrogen-bond acceptors (Lipinski definition) is 6. The Morgan fingerprint density at radius 3 is 2.86 bits per heavy atom. The highest BCUT2D eigenvalue weighted by atomic mass is 35.5. The summed E-state index contributed by atoms with van der Waals surface area (Å²) >= 11 is 1.54. The third kappa shape index (κ3) is 5.28. The van der Waals surface area contributed by atoms with Crippen molar-refractivity contribution in [3.05, 3.63) is 34.1 Å². The van der Waals surface area contributed by atoms with E-state index in [0.29, 0.717) is 24.6 Å². The summed E-state index contributed by atoms with van der Waals surface area (Å²) in [5.74, 6) is 1.14. The Labute approximate surface area is 139 Å². The maximum Gasteiger partial charge on any atom is 0.312 e. The lowest BCUT2D eigenvalue weighted by molar-refractivity contribution is 0.244. The van der Waals surface area contributed by atoms with Crippen molar-refractivity contribution in [3.63, 3.8) is 0 Å². The molecule has 0 fully saturated rings. The number of rotatable bonds is 7. The highest BCUT2D eigenvalue weighted by Gasteiger charge is 2.19. The molecule has 0 spiro atoms. The summed E-state index contributed by atoms with van der Waals surface area (Å²) in [5.41, 5.74) is 5.22. The van der Waals surface area contributed by atoms with Crippen LogP contribution in [0.4, 0.5) is 4.79 Å². The van der Waals surface area contributed by atoms with Gasteiger partial charge in [0.05, 0.1) is 12.5 Å². The maximum atomic E-state index is 11.1. The first-order valence-corrected chi connectivity index (χ1v) is 7.54. The van der Waals surface area contributed by atoms with Gasteiger partial charge in [0.2, 0.25) is 5.89 Å². The molecule has 0 saturated carbocycles. The fourth-order valence-corrected chi connectivity index (χ4v) is 2.67. The molecule has 0 bridgehead atoms. The number of likely N-dealkylation sites (N-methyl/N-ethyl adjacent to an activating group) is 1. The van der Waals surface area contributed by atoms with E-state index in [1.807, 2.05) is 31.5 Å². The van der Waals surface area contributed by atoms with Gasteiger partial charge in [-0.1, -0.05) is 11.2 Å². The van der Waals surface area contributed by atoms with Crippen molar-refractivity contribution in [1.29, 1.82) is 0 Å². The summed E-state index contributed by atoms with van der Waals surface area (Å²) in [5, 5.41) is 11.7. The molecule has 122 valence electrons. The third-order valence-corrected chi connectivity index (χ3v) is 4.06. The van der Waals surface area contributed by atoms with Gasteiger partial charge in [-0.2, -0.15) is 4.98 Å². The Balaban J connectivity index is 0.00000242. The quantitative estimate of drug-likeness (QED) is 0.707. The molecule has 2 unspecified atom stereocenters. The van der Waals surface area contributed by atoms with E-state index in [1.165, 1.54) is 0 Å². The summed E-state index contributed by atoms with van der Waals surface area (Å²) in [6, 6.07) is 3.30. The molecule has 2 heterocycles. The van der Waals surface area contributed by atoms with Crippen LogP contribution in [0.15, 0.2) is 22.0 Å². The van der Waals surface area contributed by atoms with Gasteiger partial charge in [-0.15, -0.1) is 23.7 Å². The first-order chi connectivity index (χ1) is 10.1. The zero-order valence-electron chi connectivity index (χ0n) is 12.4. The predicted octanol–water partition coefficient (Wildman–Crippen LogP) is 1.66. The smallest absolute Gasteiger partial charge is 0.312 e. The number of hydrogen-bond donors (Lipinski definition) is 3. The Morgan fingerprint density at radius 2 is 2.27 bits per heavy atom. The van der Waals surface area contributed by atoms with Crippen LogP contribution in [-0.2, 0) is 12.8 Å². The summed E-state index contributed by atoms with van der Waals surface area (Å²) in [7, 11) is 1.88. The second-order valence-corrected chi connectivity index (χ2v) is 5.76. The Kier molecular flexibility index (Phi) is 7.30. The van der Waals surface area contributed by atoms with Gasteiger partial charge in [-0.3, -0.25) is 0 Å². The van der Waals surface area contributed by atoms with Crippen molar-refractivity contribution in [2.24, 2.45) is 5.73 Å². The van der Waals surface area contributed by atoms with Crippen molar-refractivity contribution in [2.45, 2.75) is 31.8 Å². The number of nitrogens with two attached hydrogens (primary N) is 1. The molecule has 2 aromatic heterocycles. The second-order valence-electron chi connectivity index (χ2n) is 4.78. The van der Waals surface area contributed by atoms with E-state index in [4.69, 9.17) is 10.3 Å². The summed E-state index contributed by atoms with van der Waals surface area (Å²) in [4.78, 5) is 16.5. The van der Waals surface area contributed by atoms with E-state index >= 15 is 0 Å². The molecule has 0 aliphatic carbocycles. The molecule has 0 radical (unpaired) electrons. The highest BCUT2D eigenvalue weighted by molar-refractivity contribution is 7.10. The first kappa shape index (κ1) is 18.4. The van der Waals surface area contributed by atoms with Gasteiger partial charge in [-0.25, -0.2) is 4.79 Å². The minimum Gasteiger partial charge on any atom is -0.352 e. The molecule has 9 heteroatoms. The SMILES string of the molecule is CNC(C)Cc1noc(CC(NC(N)=O)c2cccs2)n1.Cl. The standard InChI is InChI=1S/C13H19N5O2S.ClH/c1-8(15-2)6-11-17-12(20-18-11)7-9(16-13(14)19)10-4-3-5-21-10;/h3-5,8-9,15H,6-7H2,1-2H3,(H3,14,16,19);1H. The van der Waals surface area contributed by atoms with E-state index in [9.17, 15) is 4.79 Å². The first-order valence-electron chi connectivity index (χ1n) is 6.66. The van der Waals surface area contributed by atoms with Crippen molar-refractivity contribution in [1.82, 2.24) is 20.8 Å². The minimum absolute atomic E-state index is 0. The van der Waals surface area contributed by atoms with Gasteiger partial charge in [0.25, 0.3) is 0 Å². The average Bonchev–Trinajstić information content (AvgIpc) is 3.09. The van der Waals surface area contributed by atoms with Gasteiger partial charge < -0.3 is 20.9 Å². The summed E-state index contributed by atoms with van der Waals surface area (Å²) < 4.78 is 5.24. The topological polar surface area (TPSA) is 106 Å². The van der Waals surface area contributed by atoms with E-state index in [-0.39, 0.29) is 24.5 Å². The molecular formula is C13H20ClN5O2S. The van der Waals surface area contributed by atoms with Gasteiger partial charge in [0, 0.05) is 17.3 Å². The van der Waals surface area contributed by atoms with Crippen molar-refractivity contribution < 1.29 is 9.32 Å². The van der Waals surface area contributed by atoms with Crippen molar-refractivity contribution in [3.8, 4) is 0 Å². The lowest BCUT2D eigenvalue weighted by atomic mass is 10.1. The molecule has 0 aliphatic heterocycles. The van der Waals surface area contributed by atoms with Crippen LogP contribution in [0.2, 0.25) is 0 Å². The molecule has 22 heavy (non-hydrogen) atoms. The Hall–Kier alpha value is -1.64. The fraction of sp³-hybridized carbons (Fsp3) is 0.462. The summed E-state index contributed by atoms with van der Waals surface area (Å²) in [6.07, 6.45) is 1.11. The van der Waals surface area contributed by atoms with Gasteiger partial charge in [0.1, 0.15) is 0 Å². The predicted molar refractivity (Wildman–Crippen MR) is 87.3 cm³/mol. The number of thiophene rings is 1. The number of carbonyl (C=O) groups is 1. The zero-order valence-corrected chi connectivity index (χ0v) is 14.0. The van der Waals surface area contributed by atoms with Gasteiger partial charge in [-0.05, 0) is 25.4 Å². The number of nitrogens with one attached hydrogen (secondary N) is 2. The Morgan fingerprint density at radius 1 is 1.50 bits per heavy atom. The maximum absolute atomic E-state index is 11.1. The number of halogens is 1. The van der Waals surface area contributed by atoms with Crippen molar-refractivity contribution >= 4 is 29.8 Å². The lowest BCUT2D eigenvalue weighted by Gasteiger charge is -2.13. The van der Waals surface area contributed by atoms with E-state index in [0.717, 1.165) is 4.88 Å². The van der Waals surface area contributed by atoms with Crippen LogP contribution in [0, 0.1) is 0 Å². The molecule has 7 nitrogen and oxygen atoms in total. The summed E-state index contributed by atoms with van der Waals surface area (Å²) in [6.45, 7) is 2.04. The van der Waals surface area contributed by atoms with Gasteiger partial charge >= 0.3 is 6.03 Å². The molecule has 2 atom stereocenters. The third-order valence-electron chi connectivity index (χ3n) is 3.07. The van der Waals surface area contributed by atoms with E-state index in [2.05, 4.69) is 20.8 Å². The van der Waals surface area contributed by atoms with E-state index in [1.54, 1.807) is 11.3 Å². The molecule has 2 amide bonds. The highest BCUT2D eigenvalue weighted by Crippen LogP contribution is 2.22. The number of nitrogens with zero attached hydrogens (tertiary/aromatic N) is 2. The number of primary amides is 1. The van der Waals surface area contributed by atoms with Crippen LogP contribution in [0.3, 0.4) is 0 Å². The van der Waals surface area contributed by atoms with Crippen LogP contribution in [0.25, 0.3) is 0 Å². The van der Waals surface area contributed by atoms with Crippen LogP contribution in [0.1, 0.15) is 29.6 Å². The van der Waals surface area contributed by atoms with Gasteiger partial charge in [0.15, 0.2) is 5.82 Å². The lowest BCUT2D eigenvalue weighted by Crippen LogP contribution is -2.34. The molecule has 0 saturated heterocycles. The largest absolute Gasteiger partial charge is 0.352 e. The normalized spacial score (nSPS) is 13.2. The monoisotopic (exact) mass is 345 g/mol. The minimum atomic E-state index is -0.572. The number of aromatic nitrogens is 2. The fourth-order valence-electron chi connectivity index (χ4n) is 1.89. The molecular weight excluding hydrogens is 326 g/mol.